The molecule has 21 heavy (non-hydrogen) atoms. The van der Waals surface area contributed by atoms with Crippen molar-refractivity contribution in [3.8, 4) is 0 Å². The van der Waals surface area contributed by atoms with Gasteiger partial charge in [-0.2, -0.15) is 0 Å². The number of aryl methyl sites for hydroxylation is 1. The lowest BCUT2D eigenvalue weighted by Gasteiger charge is -2.36. The summed E-state index contributed by atoms with van der Waals surface area (Å²) in [5, 5.41) is 12.8. The van der Waals surface area contributed by atoms with E-state index in [1.54, 1.807) is 11.8 Å². The van der Waals surface area contributed by atoms with Crippen LogP contribution >= 0.6 is 11.8 Å². The van der Waals surface area contributed by atoms with E-state index in [1.807, 2.05) is 6.92 Å². The zero-order valence-electron chi connectivity index (χ0n) is 12.7. The predicted octanol–water partition coefficient (Wildman–Crippen LogP) is 3.70. The van der Waals surface area contributed by atoms with Gasteiger partial charge >= 0.3 is 0 Å². The summed E-state index contributed by atoms with van der Waals surface area (Å²) < 4.78 is 5.55. The van der Waals surface area contributed by atoms with Gasteiger partial charge in [0.15, 0.2) is 0 Å². The molecule has 0 amide bonds. The Kier molecular flexibility index (Phi) is 4.31. The quantitative estimate of drug-likeness (QED) is 0.933. The summed E-state index contributed by atoms with van der Waals surface area (Å²) in [5.41, 5.74) is 2.87. The Hall–Kier alpha value is -1.33. The average molecular weight is 303 g/mol. The molecule has 0 radical (unpaired) electrons. The Morgan fingerprint density at radius 3 is 2.71 bits per heavy atom. The van der Waals surface area contributed by atoms with Gasteiger partial charge in [0, 0.05) is 18.2 Å². The average Bonchev–Trinajstić information content (AvgIpc) is 2.88. The second kappa shape index (κ2) is 6.20. The Balaban J connectivity index is 1.89. The molecule has 1 heterocycles. The summed E-state index contributed by atoms with van der Waals surface area (Å²) in [4.78, 5) is 0. The van der Waals surface area contributed by atoms with E-state index in [9.17, 15) is 0 Å². The monoisotopic (exact) mass is 303 g/mol. The maximum atomic E-state index is 5.55. The van der Waals surface area contributed by atoms with E-state index in [0.717, 1.165) is 13.0 Å². The summed E-state index contributed by atoms with van der Waals surface area (Å²) >= 11 is 1.70. The van der Waals surface area contributed by atoms with Crippen molar-refractivity contribution in [1.29, 1.82) is 0 Å². The van der Waals surface area contributed by atoms with E-state index >= 15 is 0 Å². The molecule has 3 unspecified atom stereocenters. The van der Waals surface area contributed by atoms with Crippen LogP contribution in [-0.2, 0) is 0 Å². The maximum absolute atomic E-state index is 5.55. The Labute approximate surface area is 129 Å². The van der Waals surface area contributed by atoms with Gasteiger partial charge < -0.3 is 9.73 Å². The zero-order chi connectivity index (χ0) is 14.8. The Morgan fingerprint density at radius 2 is 2.05 bits per heavy atom. The molecule has 1 N–H and O–H groups in total. The SMILES string of the molecule is CCNC1c2ccccc2C(C)CC1Sc1nnc(C)o1. The van der Waals surface area contributed by atoms with Crippen LogP contribution < -0.4 is 5.32 Å². The number of hydrogen-bond donors (Lipinski definition) is 1. The second-order valence-electron chi connectivity index (χ2n) is 5.54. The lowest BCUT2D eigenvalue weighted by atomic mass is 9.80. The first-order chi connectivity index (χ1) is 10.2. The smallest absolute Gasteiger partial charge is 0.276 e. The first-order valence-corrected chi connectivity index (χ1v) is 8.36. The van der Waals surface area contributed by atoms with Gasteiger partial charge in [-0.15, -0.1) is 10.2 Å². The molecule has 1 aromatic carbocycles. The predicted molar refractivity (Wildman–Crippen MR) is 84.6 cm³/mol. The minimum absolute atomic E-state index is 0.333. The number of aromatic nitrogens is 2. The Morgan fingerprint density at radius 1 is 1.29 bits per heavy atom. The number of thioether (sulfide) groups is 1. The van der Waals surface area contributed by atoms with Crippen LogP contribution in [0.1, 0.15) is 49.2 Å². The molecule has 1 aromatic heterocycles. The number of rotatable bonds is 4. The summed E-state index contributed by atoms with van der Waals surface area (Å²) in [5.74, 6) is 1.18. The van der Waals surface area contributed by atoms with Gasteiger partial charge in [-0.1, -0.05) is 49.9 Å². The number of benzene rings is 1. The number of hydrogen-bond acceptors (Lipinski definition) is 5. The van der Waals surface area contributed by atoms with Crippen LogP contribution in [0, 0.1) is 6.92 Å². The van der Waals surface area contributed by atoms with Crippen LogP contribution in [0.5, 0.6) is 0 Å². The van der Waals surface area contributed by atoms with Crippen LogP contribution in [0.25, 0.3) is 0 Å². The first kappa shape index (κ1) is 14.6. The lowest BCUT2D eigenvalue weighted by molar-refractivity contribution is 0.417. The molecular weight excluding hydrogens is 282 g/mol. The zero-order valence-corrected chi connectivity index (χ0v) is 13.5. The van der Waals surface area contributed by atoms with E-state index in [-0.39, 0.29) is 0 Å². The molecule has 1 aliphatic rings. The summed E-state index contributed by atoms with van der Waals surface area (Å²) in [6, 6.07) is 9.08. The van der Waals surface area contributed by atoms with Gasteiger partial charge in [0.25, 0.3) is 5.22 Å². The van der Waals surface area contributed by atoms with E-state index in [2.05, 4.69) is 53.6 Å². The molecule has 3 atom stereocenters. The molecule has 1 aliphatic carbocycles. The van der Waals surface area contributed by atoms with Crippen molar-refractivity contribution < 1.29 is 4.42 Å². The topological polar surface area (TPSA) is 51.0 Å². The van der Waals surface area contributed by atoms with Crippen molar-refractivity contribution >= 4 is 11.8 Å². The van der Waals surface area contributed by atoms with Crippen molar-refractivity contribution in [2.75, 3.05) is 6.54 Å². The van der Waals surface area contributed by atoms with E-state index < -0.39 is 0 Å². The van der Waals surface area contributed by atoms with Crippen LogP contribution in [0.15, 0.2) is 33.9 Å². The molecular formula is C16H21N3OS. The van der Waals surface area contributed by atoms with E-state index in [1.165, 1.54) is 11.1 Å². The summed E-state index contributed by atoms with van der Waals surface area (Å²) in [6.07, 6.45) is 1.11. The third kappa shape index (κ3) is 2.99. The van der Waals surface area contributed by atoms with E-state index in [4.69, 9.17) is 4.42 Å². The molecule has 0 aliphatic heterocycles. The molecule has 112 valence electrons. The van der Waals surface area contributed by atoms with Crippen molar-refractivity contribution in [2.45, 2.75) is 49.6 Å². The number of nitrogens with one attached hydrogen (secondary N) is 1. The van der Waals surface area contributed by atoms with Crippen molar-refractivity contribution in [3.05, 3.63) is 41.3 Å². The standard InChI is InChI=1S/C16H21N3OS/c1-4-17-15-13-8-6-5-7-12(13)10(2)9-14(15)21-16-19-18-11(3)20-16/h5-8,10,14-15,17H,4,9H2,1-3H3. The van der Waals surface area contributed by atoms with Gasteiger partial charge in [-0.3, -0.25) is 0 Å². The highest BCUT2D eigenvalue weighted by atomic mass is 32.2. The largest absolute Gasteiger partial charge is 0.416 e. The molecule has 0 bridgehead atoms. The first-order valence-electron chi connectivity index (χ1n) is 7.48. The summed E-state index contributed by atoms with van der Waals surface area (Å²) in [6.45, 7) is 7.23. The summed E-state index contributed by atoms with van der Waals surface area (Å²) in [7, 11) is 0. The maximum Gasteiger partial charge on any atom is 0.276 e. The fourth-order valence-electron chi connectivity index (χ4n) is 3.09. The van der Waals surface area contributed by atoms with Crippen molar-refractivity contribution in [1.82, 2.24) is 15.5 Å². The Bertz CT molecular complexity index is 613. The fraction of sp³-hybridized carbons (Fsp3) is 0.500. The highest BCUT2D eigenvalue weighted by Crippen LogP contribution is 2.44. The van der Waals surface area contributed by atoms with Gasteiger partial charge in [0.05, 0.1) is 0 Å². The molecule has 0 fully saturated rings. The van der Waals surface area contributed by atoms with Crippen LogP contribution in [0.4, 0.5) is 0 Å². The molecule has 4 nitrogen and oxygen atoms in total. The normalized spacial score (nSPS) is 24.8. The highest BCUT2D eigenvalue weighted by molar-refractivity contribution is 7.99. The van der Waals surface area contributed by atoms with Crippen molar-refractivity contribution in [2.24, 2.45) is 0 Å². The van der Waals surface area contributed by atoms with Crippen LogP contribution in [-0.4, -0.2) is 22.0 Å². The number of nitrogens with zero attached hydrogens (tertiary/aromatic N) is 2. The molecule has 5 heteroatoms. The molecule has 0 saturated heterocycles. The van der Waals surface area contributed by atoms with Crippen LogP contribution in [0.3, 0.4) is 0 Å². The van der Waals surface area contributed by atoms with Gasteiger partial charge in [0.1, 0.15) is 0 Å². The van der Waals surface area contributed by atoms with Crippen molar-refractivity contribution in [3.63, 3.8) is 0 Å². The molecule has 3 rings (SSSR count). The van der Waals surface area contributed by atoms with Gasteiger partial charge in [-0.25, -0.2) is 0 Å². The minimum Gasteiger partial charge on any atom is -0.416 e. The van der Waals surface area contributed by atoms with E-state index in [0.29, 0.717) is 28.3 Å². The third-order valence-corrected chi connectivity index (χ3v) is 5.14. The van der Waals surface area contributed by atoms with Gasteiger partial charge in [0.2, 0.25) is 5.89 Å². The highest BCUT2D eigenvalue weighted by Gasteiger charge is 2.34. The van der Waals surface area contributed by atoms with Crippen LogP contribution in [0.2, 0.25) is 0 Å². The minimum atomic E-state index is 0.333. The third-order valence-electron chi connectivity index (χ3n) is 4.00. The fourth-order valence-corrected chi connectivity index (χ4v) is 4.37. The second-order valence-corrected chi connectivity index (χ2v) is 6.73. The molecule has 0 saturated carbocycles. The number of fused-ring (bicyclic) bond motifs is 1. The molecule has 2 aromatic rings. The molecule has 0 spiro atoms. The lowest BCUT2D eigenvalue weighted by Crippen LogP contribution is -2.35. The van der Waals surface area contributed by atoms with Gasteiger partial charge in [-0.05, 0) is 30.0 Å².